The van der Waals surface area contributed by atoms with Gasteiger partial charge in [0.1, 0.15) is 18.5 Å². The third-order valence-electron chi connectivity index (χ3n) is 6.30. The summed E-state index contributed by atoms with van der Waals surface area (Å²) in [4.78, 5) is 0. The highest BCUT2D eigenvalue weighted by Gasteiger charge is 2.55. The fourth-order valence-corrected chi connectivity index (χ4v) is 5.05. The number of ether oxygens (including phenoxy) is 1. The summed E-state index contributed by atoms with van der Waals surface area (Å²) in [5.41, 5.74) is 0.0644. The van der Waals surface area contributed by atoms with Crippen molar-refractivity contribution < 1.29 is 26.7 Å². The molecule has 0 amide bonds. The predicted molar refractivity (Wildman–Crippen MR) is 94.2 cm³/mol. The molecule has 0 spiro atoms. The summed E-state index contributed by atoms with van der Waals surface area (Å²) in [6.07, 6.45) is -2.90. The Morgan fingerprint density at radius 3 is 2.41 bits per heavy atom. The molecule has 27 heavy (non-hydrogen) atoms. The van der Waals surface area contributed by atoms with Gasteiger partial charge in [0.25, 0.3) is 0 Å². The van der Waals surface area contributed by atoms with Crippen LogP contribution in [0.15, 0.2) is 12.1 Å². The third-order valence-corrected chi connectivity index (χ3v) is 6.30. The quantitative estimate of drug-likeness (QED) is 0.536. The Morgan fingerprint density at radius 1 is 1.00 bits per heavy atom. The van der Waals surface area contributed by atoms with Gasteiger partial charge in [-0.3, -0.25) is 0 Å². The molecule has 2 aliphatic carbocycles. The van der Waals surface area contributed by atoms with E-state index in [1.807, 2.05) is 6.92 Å². The zero-order valence-corrected chi connectivity index (χ0v) is 15.7. The van der Waals surface area contributed by atoms with Crippen LogP contribution in [0.3, 0.4) is 0 Å². The summed E-state index contributed by atoms with van der Waals surface area (Å²) in [6.45, 7) is 3.72. The van der Waals surface area contributed by atoms with Crippen molar-refractivity contribution in [2.45, 2.75) is 70.4 Å². The first-order valence-corrected chi connectivity index (χ1v) is 9.93. The minimum absolute atomic E-state index is 0.0644. The Kier molecular flexibility index (Phi) is 6.32. The average Bonchev–Trinajstić information content (AvgIpc) is 2.78. The van der Waals surface area contributed by atoms with Crippen molar-refractivity contribution in [2.24, 2.45) is 17.8 Å². The van der Waals surface area contributed by atoms with Crippen molar-refractivity contribution in [1.82, 2.24) is 0 Å². The molecule has 2 fully saturated rings. The van der Waals surface area contributed by atoms with Crippen molar-refractivity contribution in [3.8, 4) is 5.75 Å². The molecular formula is C21H27F5O. The van der Waals surface area contributed by atoms with E-state index in [4.69, 9.17) is 4.74 Å². The van der Waals surface area contributed by atoms with Crippen molar-refractivity contribution >= 4 is 0 Å². The van der Waals surface area contributed by atoms with Crippen LogP contribution in [0.2, 0.25) is 0 Å². The molecular weight excluding hydrogens is 363 g/mol. The van der Waals surface area contributed by atoms with Crippen LogP contribution < -0.4 is 4.74 Å². The lowest BCUT2D eigenvalue weighted by Gasteiger charge is -2.23. The Labute approximate surface area is 157 Å². The van der Waals surface area contributed by atoms with Gasteiger partial charge in [0, 0.05) is 11.8 Å². The largest absolute Gasteiger partial charge is 0.491 e. The fraction of sp³-hybridized carbons (Fsp3) is 0.714. The monoisotopic (exact) mass is 390 g/mol. The van der Waals surface area contributed by atoms with Gasteiger partial charge in [0.2, 0.25) is 5.82 Å². The lowest BCUT2D eigenvalue weighted by atomic mass is 9.87. The fourth-order valence-electron chi connectivity index (χ4n) is 5.05. The molecule has 0 heterocycles. The molecule has 152 valence electrons. The molecule has 1 aromatic rings. The van der Waals surface area contributed by atoms with E-state index in [0.717, 1.165) is 0 Å². The second-order valence-corrected chi connectivity index (χ2v) is 7.82. The van der Waals surface area contributed by atoms with Crippen LogP contribution in [0.5, 0.6) is 5.75 Å². The molecule has 1 aromatic carbocycles. The minimum atomic E-state index is -1.56. The highest BCUT2D eigenvalue weighted by molar-refractivity contribution is 5.33. The smallest absolute Gasteiger partial charge is 0.200 e. The van der Waals surface area contributed by atoms with Gasteiger partial charge in [-0.15, -0.1) is 0 Å². The van der Waals surface area contributed by atoms with Crippen molar-refractivity contribution in [1.29, 1.82) is 0 Å². The molecule has 2 saturated carbocycles. The number of hydrogen-bond donors (Lipinski definition) is 0. The van der Waals surface area contributed by atoms with Gasteiger partial charge in [-0.1, -0.05) is 19.4 Å². The maximum atomic E-state index is 15.0. The summed E-state index contributed by atoms with van der Waals surface area (Å²) in [6, 6.07) is 2.74. The first-order valence-electron chi connectivity index (χ1n) is 9.93. The van der Waals surface area contributed by atoms with E-state index in [2.05, 4.69) is 0 Å². The zero-order chi connectivity index (χ0) is 19.7. The Morgan fingerprint density at radius 2 is 1.74 bits per heavy atom. The number of benzene rings is 1. The zero-order valence-electron chi connectivity index (χ0n) is 15.7. The predicted octanol–water partition coefficient (Wildman–Crippen LogP) is 6.31. The van der Waals surface area contributed by atoms with Crippen LogP contribution in [0, 0.1) is 29.4 Å². The molecule has 7 atom stereocenters. The summed E-state index contributed by atoms with van der Waals surface area (Å²) < 4.78 is 78.2. The molecule has 7 unspecified atom stereocenters. The van der Waals surface area contributed by atoms with E-state index < -0.39 is 53.8 Å². The summed E-state index contributed by atoms with van der Waals surface area (Å²) in [5.74, 6) is -5.36. The summed E-state index contributed by atoms with van der Waals surface area (Å²) in [5, 5.41) is 0. The van der Waals surface area contributed by atoms with E-state index in [1.54, 1.807) is 6.92 Å². The van der Waals surface area contributed by atoms with Crippen LogP contribution in [0.1, 0.15) is 57.4 Å². The number of fused-ring (bicyclic) bond motifs is 1. The molecule has 3 rings (SSSR count). The Bertz CT molecular complexity index is 652. The maximum Gasteiger partial charge on any atom is 0.200 e. The summed E-state index contributed by atoms with van der Waals surface area (Å²) >= 11 is 0. The molecule has 6 heteroatoms. The molecule has 2 aliphatic rings. The normalized spacial score (nSPS) is 36.3. The van der Waals surface area contributed by atoms with Crippen molar-refractivity contribution in [3.63, 3.8) is 0 Å². The molecule has 1 nitrogen and oxygen atoms in total. The number of rotatable bonds is 5. The lowest BCUT2D eigenvalue weighted by Crippen LogP contribution is -2.28. The minimum Gasteiger partial charge on any atom is -0.491 e. The molecule has 0 saturated heterocycles. The van der Waals surface area contributed by atoms with Crippen LogP contribution in [-0.2, 0) is 0 Å². The second kappa shape index (κ2) is 8.36. The van der Waals surface area contributed by atoms with Gasteiger partial charge in [0.05, 0.1) is 6.61 Å². The van der Waals surface area contributed by atoms with Gasteiger partial charge in [-0.2, -0.15) is 4.39 Å². The third kappa shape index (κ3) is 3.68. The summed E-state index contributed by atoms with van der Waals surface area (Å²) in [7, 11) is 0. The highest BCUT2D eigenvalue weighted by Crippen LogP contribution is 2.52. The van der Waals surface area contributed by atoms with Crippen molar-refractivity contribution in [3.05, 3.63) is 29.3 Å². The molecule has 0 N–H and O–H groups in total. The average molecular weight is 390 g/mol. The number of halogens is 5. The highest BCUT2D eigenvalue weighted by atomic mass is 19.2. The molecule has 0 radical (unpaired) electrons. The van der Waals surface area contributed by atoms with Crippen LogP contribution >= 0.6 is 0 Å². The Balaban J connectivity index is 1.82. The molecule has 0 bridgehead atoms. The van der Waals surface area contributed by atoms with Crippen LogP contribution in [-0.4, -0.2) is 25.1 Å². The Hall–Kier alpha value is -1.33. The van der Waals surface area contributed by atoms with Gasteiger partial charge in [-0.25, -0.2) is 17.6 Å². The standard InChI is InChI=1S/C21H27F5O/c1-3-5-14-18(23)13-7-6-11(10-15(22)17(13)19(14)24)12-8-9-16(27-4-2)21(26)20(12)25/h8-9,11,13-15,17-19H,3-7,10H2,1-2H3. The first kappa shape index (κ1) is 20.4. The SMILES string of the molecule is CCCC1C(F)C2CCC(c3ccc(OCC)c(F)c3F)CC(F)C2C1F. The van der Waals surface area contributed by atoms with Gasteiger partial charge >= 0.3 is 0 Å². The van der Waals surface area contributed by atoms with E-state index in [1.165, 1.54) is 12.1 Å². The number of hydrogen-bond acceptors (Lipinski definition) is 1. The topological polar surface area (TPSA) is 9.23 Å². The second-order valence-electron chi connectivity index (χ2n) is 7.82. The van der Waals surface area contributed by atoms with Gasteiger partial charge in [-0.05, 0) is 56.1 Å². The maximum absolute atomic E-state index is 15.0. The van der Waals surface area contributed by atoms with E-state index in [9.17, 15) is 22.0 Å². The van der Waals surface area contributed by atoms with Crippen molar-refractivity contribution in [2.75, 3.05) is 6.61 Å². The van der Waals surface area contributed by atoms with Gasteiger partial charge in [0.15, 0.2) is 11.6 Å². The van der Waals surface area contributed by atoms with Crippen LogP contribution in [0.4, 0.5) is 22.0 Å². The van der Waals surface area contributed by atoms with E-state index in [-0.39, 0.29) is 30.8 Å². The molecule has 0 aromatic heterocycles. The van der Waals surface area contributed by atoms with Crippen LogP contribution in [0.25, 0.3) is 0 Å². The van der Waals surface area contributed by atoms with Gasteiger partial charge < -0.3 is 4.74 Å². The first-order chi connectivity index (χ1) is 12.9. The van der Waals surface area contributed by atoms with E-state index >= 15 is 0 Å². The molecule has 0 aliphatic heterocycles. The lowest BCUT2D eigenvalue weighted by molar-refractivity contribution is 0.101. The van der Waals surface area contributed by atoms with E-state index in [0.29, 0.717) is 19.3 Å². The number of alkyl halides is 3.